The Morgan fingerprint density at radius 1 is 1.29 bits per heavy atom. The lowest BCUT2D eigenvalue weighted by Gasteiger charge is -1.99. The fraction of sp³-hybridized carbons (Fsp3) is 0.385. The summed E-state index contributed by atoms with van der Waals surface area (Å²) < 4.78 is 33.3. The summed E-state index contributed by atoms with van der Waals surface area (Å²) in [5.74, 6) is 0.0657. The SMILES string of the molecule is COCCS(=O)(=O)Cc1nc(-c2ccc(CN)cc2)no1. The zero-order chi connectivity index (χ0) is 15.3. The molecule has 0 atom stereocenters. The van der Waals surface area contributed by atoms with Crippen molar-refractivity contribution in [3.8, 4) is 11.4 Å². The molecule has 2 N–H and O–H groups in total. The minimum Gasteiger partial charge on any atom is -0.384 e. The van der Waals surface area contributed by atoms with Crippen molar-refractivity contribution in [3.63, 3.8) is 0 Å². The van der Waals surface area contributed by atoms with Crippen molar-refractivity contribution in [2.24, 2.45) is 5.73 Å². The Hall–Kier alpha value is -1.77. The average molecular weight is 311 g/mol. The van der Waals surface area contributed by atoms with Crippen molar-refractivity contribution in [3.05, 3.63) is 35.7 Å². The van der Waals surface area contributed by atoms with Gasteiger partial charge in [0.15, 0.2) is 9.84 Å². The van der Waals surface area contributed by atoms with Gasteiger partial charge in [-0.1, -0.05) is 29.4 Å². The maximum atomic E-state index is 11.8. The molecule has 8 heteroatoms. The Balaban J connectivity index is 2.10. The van der Waals surface area contributed by atoms with Gasteiger partial charge in [-0.2, -0.15) is 4.98 Å². The van der Waals surface area contributed by atoms with E-state index in [1.807, 2.05) is 24.3 Å². The fourth-order valence-corrected chi connectivity index (χ4v) is 2.75. The monoisotopic (exact) mass is 311 g/mol. The van der Waals surface area contributed by atoms with Gasteiger partial charge in [0.2, 0.25) is 11.7 Å². The van der Waals surface area contributed by atoms with Crippen LogP contribution in [-0.4, -0.2) is 38.0 Å². The van der Waals surface area contributed by atoms with E-state index in [-0.39, 0.29) is 24.0 Å². The van der Waals surface area contributed by atoms with E-state index >= 15 is 0 Å². The molecule has 0 radical (unpaired) electrons. The molecule has 0 aliphatic carbocycles. The minimum atomic E-state index is -3.31. The smallest absolute Gasteiger partial charge is 0.242 e. The molecule has 7 nitrogen and oxygen atoms in total. The highest BCUT2D eigenvalue weighted by Crippen LogP contribution is 2.17. The summed E-state index contributed by atoms with van der Waals surface area (Å²) in [7, 11) is -1.86. The number of benzene rings is 1. The Morgan fingerprint density at radius 3 is 2.62 bits per heavy atom. The Kier molecular flexibility index (Phi) is 5.05. The lowest BCUT2D eigenvalue weighted by Crippen LogP contribution is -2.13. The summed E-state index contributed by atoms with van der Waals surface area (Å²) in [5.41, 5.74) is 7.26. The third-order valence-corrected chi connectivity index (χ3v) is 4.33. The number of nitrogens with two attached hydrogens (primary N) is 1. The van der Waals surface area contributed by atoms with Crippen LogP contribution in [0, 0.1) is 0 Å². The highest BCUT2D eigenvalue weighted by molar-refractivity contribution is 7.90. The van der Waals surface area contributed by atoms with Gasteiger partial charge in [0.25, 0.3) is 0 Å². The van der Waals surface area contributed by atoms with Crippen LogP contribution in [0.3, 0.4) is 0 Å². The van der Waals surface area contributed by atoms with Crippen molar-refractivity contribution < 1.29 is 17.7 Å². The lowest BCUT2D eigenvalue weighted by atomic mass is 10.1. The molecule has 0 spiro atoms. The summed E-state index contributed by atoms with van der Waals surface area (Å²) in [6.45, 7) is 0.597. The van der Waals surface area contributed by atoms with Gasteiger partial charge in [0.05, 0.1) is 12.4 Å². The maximum absolute atomic E-state index is 11.8. The largest absolute Gasteiger partial charge is 0.384 e. The maximum Gasteiger partial charge on any atom is 0.242 e. The number of hydrogen-bond acceptors (Lipinski definition) is 7. The highest BCUT2D eigenvalue weighted by atomic mass is 32.2. The molecule has 21 heavy (non-hydrogen) atoms. The van der Waals surface area contributed by atoms with E-state index in [2.05, 4.69) is 10.1 Å². The molecule has 0 saturated heterocycles. The molecule has 0 fully saturated rings. The van der Waals surface area contributed by atoms with E-state index in [4.69, 9.17) is 15.0 Å². The first-order valence-corrected chi connectivity index (χ1v) is 8.17. The Morgan fingerprint density at radius 2 is 2.00 bits per heavy atom. The molecule has 114 valence electrons. The van der Waals surface area contributed by atoms with Crippen LogP contribution in [0.4, 0.5) is 0 Å². The third-order valence-electron chi connectivity index (χ3n) is 2.86. The number of nitrogens with zero attached hydrogens (tertiary/aromatic N) is 2. The summed E-state index contributed by atoms with van der Waals surface area (Å²) in [6, 6.07) is 7.36. The van der Waals surface area contributed by atoms with Gasteiger partial charge in [-0.3, -0.25) is 0 Å². The van der Waals surface area contributed by atoms with Gasteiger partial charge < -0.3 is 15.0 Å². The predicted octanol–water partition coefficient (Wildman–Crippen LogP) is 0.757. The molecule has 1 aromatic heterocycles. The quantitative estimate of drug-likeness (QED) is 0.804. The van der Waals surface area contributed by atoms with Crippen LogP contribution in [0.1, 0.15) is 11.5 Å². The van der Waals surface area contributed by atoms with E-state index in [0.29, 0.717) is 12.4 Å². The first-order chi connectivity index (χ1) is 10.0. The topological polar surface area (TPSA) is 108 Å². The van der Waals surface area contributed by atoms with E-state index < -0.39 is 9.84 Å². The first-order valence-electron chi connectivity index (χ1n) is 6.35. The molecule has 0 saturated carbocycles. The van der Waals surface area contributed by atoms with E-state index in [9.17, 15) is 8.42 Å². The van der Waals surface area contributed by atoms with Crippen LogP contribution in [-0.2, 0) is 26.9 Å². The van der Waals surface area contributed by atoms with Crippen LogP contribution >= 0.6 is 0 Å². The zero-order valence-electron chi connectivity index (χ0n) is 11.7. The van der Waals surface area contributed by atoms with Crippen molar-refractivity contribution in [1.82, 2.24) is 10.1 Å². The zero-order valence-corrected chi connectivity index (χ0v) is 12.5. The average Bonchev–Trinajstić information content (AvgIpc) is 2.93. The molecular weight excluding hydrogens is 294 g/mol. The molecule has 0 bridgehead atoms. The molecular formula is C13H17N3O4S. The number of aromatic nitrogens is 2. The van der Waals surface area contributed by atoms with Gasteiger partial charge in [0, 0.05) is 19.2 Å². The van der Waals surface area contributed by atoms with Crippen molar-refractivity contribution >= 4 is 9.84 Å². The van der Waals surface area contributed by atoms with Gasteiger partial charge in [-0.25, -0.2) is 8.42 Å². The van der Waals surface area contributed by atoms with Crippen LogP contribution < -0.4 is 5.73 Å². The predicted molar refractivity (Wildman–Crippen MR) is 77.0 cm³/mol. The first kappa shape index (κ1) is 15.6. The second-order valence-electron chi connectivity index (χ2n) is 4.50. The van der Waals surface area contributed by atoms with Crippen molar-refractivity contribution in [2.45, 2.75) is 12.3 Å². The molecule has 0 amide bonds. The second-order valence-corrected chi connectivity index (χ2v) is 6.68. The van der Waals surface area contributed by atoms with Gasteiger partial charge in [-0.05, 0) is 5.56 Å². The van der Waals surface area contributed by atoms with Crippen molar-refractivity contribution in [2.75, 3.05) is 19.5 Å². The van der Waals surface area contributed by atoms with Gasteiger partial charge in [-0.15, -0.1) is 0 Å². The molecule has 2 aromatic rings. The number of rotatable bonds is 7. The van der Waals surface area contributed by atoms with Crippen LogP contribution in [0.15, 0.2) is 28.8 Å². The summed E-state index contributed by atoms with van der Waals surface area (Å²) >= 11 is 0. The van der Waals surface area contributed by atoms with Gasteiger partial charge in [0.1, 0.15) is 5.75 Å². The minimum absolute atomic E-state index is 0.0732. The number of hydrogen-bond donors (Lipinski definition) is 1. The normalized spacial score (nSPS) is 11.7. The standard InChI is InChI=1S/C13H17N3O4S/c1-19-6-7-21(17,18)9-12-15-13(16-20-12)11-4-2-10(8-14)3-5-11/h2-5H,6-9,14H2,1H3. The van der Waals surface area contributed by atoms with E-state index in [1.54, 1.807) is 0 Å². The molecule has 0 aliphatic rings. The fourth-order valence-electron chi connectivity index (χ4n) is 1.69. The molecule has 1 aromatic carbocycles. The molecule has 2 rings (SSSR count). The molecule has 0 aliphatic heterocycles. The van der Waals surface area contributed by atoms with Crippen LogP contribution in [0.2, 0.25) is 0 Å². The highest BCUT2D eigenvalue weighted by Gasteiger charge is 2.17. The Bertz CT molecular complexity index is 680. The number of methoxy groups -OCH3 is 1. The van der Waals surface area contributed by atoms with Crippen molar-refractivity contribution in [1.29, 1.82) is 0 Å². The molecule has 0 unspecified atom stereocenters. The number of ether oxygens (including phenoxy) is 1. The van der Waals surface area contributed by atoms with E-state index in [0.717, 1.165) is 11.1 Å². The van der Waals surface area contributed by atoms with E-state index in [1.165, 1.54) is 7.11 Å². The summed E-state index contributed by atoms with van der Waals surface area (Å²) in [4.78, 5) is 4.10. The lowest BCUT2D eigenvalue weighted by molar-refractivity contribution is 0.217. The third kappa shape index (κ3) is 4.35. The number of sulfone groups is 1. The molecule has 1 heterocycles. The Labute approximate surface area is 123 Å². The second kappa shape index (κ2) is 6.79. The summed E-state index contributed by atoms with van der Waals surface area (Å²) in [5, 5.41) is 3.79. The van der Waals surface area contributed by atoms with Crippen LogP contribution in [0.25, 0.3) is 11.4 Å². The summed E-state index contributed by atoms with van der Waals surface area (Å²) in [6.07, 6.45) is 0. The van der Waals surface area contributed by atoms with Gasteiger partial charge >= 0.3 is 0 Å². The van der Waals surface area contributed by atoms with Crippen LogP contribution in [0.5, 0.6) is 0 Å².